The molecule has 2 heterocycles. The van der Waals surface area contributed by atoms with E-state index in [1.165, 1.54) is 24.6 Å². The Morgan fingerprint density at radius 3 is 2.62 bits per heavy atom. The molecular weight excluding hydrogens is 326 g/mol. The summed E-state index contributed by atoms with van der Waals surface area (Å²) in [4.78, 5) is 14.2. The smallest absolute Gasteiger partial charge is 0.277 e. The zero-order valence-corrected chi connectivity index (χ0v) is 14.3. The predicted molar refractivity (Wildman–Crippen MR) is 90.8 cm³/mol. The molecule has 128 valence electrons. The van der Waals surface area contributed by atoms with E-state index in [1.807, 2.05) is 35.2 Å². The number of likely N-dealkylation sites (tertiary alicyclic amines) is 1. The summed E-state index contributed by atoms with van der Waals surface area (Å²) >= 11 is 1.28. The average Bonchev–Trinajstić information content (AvgIpc) is 2.89. The van der Waals surface area contributed by atoms with Gasteiger partial charge in [0.2, 0.25) is 5.91 Å². The minimum Gasteiger partial charge on any atom is -0.484 e. The molecule has 0 N–H and O–H groups in total. The zero-order valence-electron chi connectivity index (χ0n) is 13.5. The number of carbonyl (C=O) groups is 1. The molecule has 6 nitrogen and oxygen atoms in total. The Bertz CT molecular complexity index is 640. The molecule has 0 bridgehead atoms. The number of carbonyl (C=O) groups excluding carboxylic acids is 1. The van der Waals surface area contributed by atoms with Gasteiger partial charge < -0.3 is 14.1 Å². The fourth-order valence-electron chi connectivity index (χ4n) is 2.55. The Labute approximate surface area is 145 Å². The molecule has 1 aromatic heterocycles. The van der Waals surface area contributed by atoms with Crippen LogP contribution in [-0.4, -0.2) is 39.8 Å². The molecule has 1 fully saturated rings. The van der Waals surface area contributed by atoms with Gasteiger partial charge in [0.25, 0.3) is 11.1 Å². The quantitative estimate of drug-likeness (QED) is 0.748. The molecule has 1 aliphatic heterocycles. The number of aromatic nitrogens is 2. The molecule has 2 aromatic rings. The van der Waals surface area contributed by atoms with Gasteiger partial charge in [-0.3, -0.25) is 4.79 Å². The van der Waals surface area contributed by atoms with Gasteiger partial charge >= 0.3 is 0 Å². The maximum Gasteiger partial charge on any atom is 0.277 e. The molecule has 3 rings (SSSR count). The van der Waals surface area contributed by atoms with E-state index < -0.39 is 0 Å². The van der Waals surface area contributed by atoms with Crippen LogP contribution in [0.1, 0.15) is 31.6 Å². The highest BCUT2D eigenvalue weighted by molar-refractivity contribution is 7.99. The predicted octanol–water partition coefficient (Wildman–Crippen LogP) is 3.14. The van der Waals surface area contributed by atoms with Crippen molar-refractivity contribution in [1.29, 1.82) is 0 Å². The van der Waals surface area contributed by atoms with Gasteiger partial charge in [-0.2, -0.15) is 0 Å². The van der Waals surface area contributed by atoms with Crippen LogP contribution in [0.3, 0.4) is 0 Å². The lowest BCUT2D eigenvalue weighted by molar-refractivity contribution is -0.128. The first-order valence-electron chi connectivity index (χ1n) is 8.22. The van der Waals surface area contributed by atoms with Gasteiger partial charge in [0.05, 0.1) is 5.75 Å². The summed E-state index contributed by atoms with van der Waals surface area (Å²) in [6.45, 7) is 1.94. The lowest BCUT2D eigenvalue weighted by Crippen LogP contribution is -2.33. The number of hydrogen-bond donors (Lipinski definition) is 0. The number of amides is 1. The summed E-state index contributed by atoms with van der Waals surface area (Å²) in [7, 11) is 0. The number of thioether (sulfide) groups is 1. The van der Waals surface area contributed by atoms with Crippen molar-refractivity contribution >= 4 is 17.7 Å². The highest BCUT2D eigenvalue weighted by Crippen LogP contribution is 2.19. The molecule has 0 spiro atoms. The number of para-hydroxylation sites is 1. The number of hydrogen-bond acceptors (Lipinski definition) is 6. The average molecular weight is 347 g/mol. The van der Waals surface area contributed by atoms with Crippen LogP contribution < -0.4 is 4.74 Å². The lowest BCUT2D eigenvalue weighted by atomic mass is 10.2. The largest absolute Gasteiger partial charge is 0.484 e. The third-order valence-corrected chi connectivity index (χ3v) is 4.63. The van der Waals surface area contributed by atoms with E-state index in [2.05, 4.69) is 10.2 Å². The Morgan fingerprint density at radius 2 is 1.88 bits per heavy atom. The van der Waals surface area contributed by atoms with Crippen LogP contribution in [0, 0.1) is 0 Å². The van der Waals surface area contributed by atoms with Gasteiger partial charge in [-0.05, 0) is 25.0 Å². The van der Waals surface area contributed by atoms with Gasteiger partial charge in [0.1, 0.15) is 5.75 Å². The van der Waals surface area contributed by atoms with E-state index in [4.69, 9.17) is 9.15 Å². The van der Waals surface area contributed by atoms with Gasteiger partial charge in [0.15, 0.2) is 6.61 Å². The first-order valence-corrected chi connectivity index (χ1v) is 9.20. The number of ether oxygens (including phenoxy) is 1. The molecule has 0 unspecified atom stereocenters. The Hall–Kier alpha value is -2.02. The summed E-state index contributed by atoms with van der Waals surface area (Å²) in [5.74, 6) is 1.63. The Morgan fingerprint density at radius 1 is 1.12 bits per heavy atom. The van der Waals surface area contributed by atoms with Crippen molar-refractivity contribution in [1.82, 2.24) is 15.1 Å². The SMILES string of the molecule is O=C(CSc1nnc(COc2ccccc2)o1)N1CCCCCC1. The van der Waals surface area contributed by atoms with Gasteiger partial charge in [-0.15, -0.1) is 10.2 Å². The fourth-order valence-corrected chi connectivity index (χ4v) is 3.23. The minimum absolute atomic E-state index is 0.141. The summed E-state index contributed by atoms with van der Waals surface area (Å²) in [6.07, 6.45) is 4.62. The highest BCUT2D eigenvalue weighted by atomic mass is 32.2. The highest BCUT2D eigenvalue weighted by Gasteiger charge is 2.17. The molecule has 0 aliphatic carbocycles. The maximum atomic E-state index is 12.2. The topological polar surface area (TPSA) is 68.5 Å². The van der Waals surface area contributed by atoms with Crippen molar-refractivity contribution in [3.8, 4) is 5.75 Å². The van der Waals surface area contributed by atoms with Crippen LogP contribution in [0.4, 0.5) is 0 Å². The summed E-state index contributed by atoms with van der Waals surface area (Å²) in [6, 6.07) is 9.46. The van der Waals surface area contributed by atoms with E-state index in [0.29, 0.717) is 16.9 Å². The number of nitrogens with zero attached hydrogens (tertiary/aromatic N) is 3. The van der Waals surface area contributed by atoms with Crippen molar-refractivity contribution in [3.05, 3.63) is 36.2 Å². The van der Waals surface area contributed by atoms with E-state index in [-0.39, 0.29) is 12.5 Å². The molecule has 1 aromatic carbocycles. The van der Waals surface area contributed by atoms with Crippen molar-refractivity contribution in [3.63, 3.8) is 0 Å². The van der Waals surface area contributed by atoms with Crippen LogP contribution in [0.2, 0.25) is 0 Å². The molecule has 1 amide bonds. The van der Waals surface area contributed by atoms with Crippen molar-refractivity contribution < 1.29 is 13.9 Å². The Kier molecular flexibility index (Phi) is 6.12. The monoisotopic (exact) mass is 347 g/mol. The second-order valence-electron chi connectivity index (χ2n) is 5.65. The molecule has 7 heteroatoms. The van der Waals surface area contributed by atoms with Crippen LogP contribution in [0.15, 0.2) is 40.0 Å². The van der Waals surface area contributed by atoms with Crippen LogP contribution in [0.5, 0.6) is 5.75 Å². The second kappa shape index (κ2) is 8.73. The van der Waals surface area contributed by atoms with Crippen LogP contribution >= 0.6 is 11.8 Å². The molecular formula is C17H21N3O3S. The van der Waals surface area contributed by atoms with Crippen LogP contribution in [0.25, 0.3) is 0 Å². The second-order valence-corrected chi connectivity index (χ2v) is 6.57. The maximum absolute atomic E-state index is 12.2. The standard InChI is InChI=1S/C17H21N3O3S/c21-16(20-10-6-1-2-7-11-20)13-24-17-19-18-15(23-17)12-22-14-8-4-3-5-9-14/h3-5,8-9H,1-2,6-7,10-13H2. The Balaban J connectivity index is 1.44. The third-order valence-electron chi connectivity index (χ3n) is 3.83. The van der Waals surface area contributed by atoms with Crippen molar-refractivity contribution in [2.45, 2.75) is 37.5 Å². The van der Waals surface area contributed by atoms with E-state index in [9.17, 15) is 4.79 Å². The van der Waals surface area contributed by atoms with Gasteiger partial charge in [-0.25, -0.2) is 0 Å². The minimum atomic E-state index is 0.141. The molecule has 1 saturated heterocycles. The molecule has 24 heavy (non-hydrogen) atoms. The molecule has 1 aliphatic rings. The molecule has 0 radical (unpaired) electrons. The summed E-state index contributed by atoms with van der Waals surface area (Å²) in [5.41, 5.74) is 0. The van der Waals surface area contributed by atoms with E-state index in [1.54, 1.807) is 0 Å². The lowest BCUT2D eigenvalue weighted by Gasteiger charge is -2.19. The number of rotatable bonds is 6. The first kappa shape index (κ1) is 16.8. The van der Waals surface area contributed by atoms with Crippen LogP contribution in [-0.2, 0) is 11.4 Å². The summed E-state index contributed by atoms with van der Waals surface area (Å²) < 4.78 is 11.1. The fraction of sp³-hybridized carbons (Fsp3) is 0.471. The van der Waals surface area contributed by atoms with E-state index >= 15 is 0 Å². The van der Waals surface area contributed by atoms with Gasteiger partial charge in [-0.1, -0.05) is 42.8 Å². The van der Waals surface area contributed by atoms with Crippen molar-refractivity contribution in [2.24, 2.45) is 0 Å². The molecule has 0 atom stereocenters. The normalized spacial score (nSPS) is 15.1. The third kappa shape index (κ3) is 4.99. The summed E-state index contributed by atoms with van der Waals surface area (Å²) in [5, 5.41) is 8.32. The van der Waals surface area contributed by atoms with Gasteiger partial charge in [0, 0.05) is 13.1 Å². The zero-order chi connectivity index (χ0) is 16.6. The van der Waals surface area contributed by atoms with Crippen molar-refractivity contribution in [2.75, 3.05) is 18.8 Å². The number of benzene rings is 1. The molecule has 0 saturated carbocycles. The first-order chi connectivity index (χ1) is 11.8. The van der Waals surface area contributed by atoms with E-state index in [0.717, 1.165) is 31.7 Å².